The topological polar surface area (TPSA) is 62.0 Å². The molecule has 0 saturated heterocycles. The predicted octanol–water partition coefficient (Wildman–Crippen LogP) is 9.87. The molecule has 6 aromatic carbocycles. The lowest BCUT2D eigenvalue weighted by atomic mass is 9.96. The second-order valence-corrected chi connectivity index (χ2v) is 12.1. The molecule has 9 rings (SSSR count). The second-order valence-electron chi connectivity index (χ2n) is 12.1. The molecule has 8 aromatic rings. The van der Waals surface area contributed by atoms with Crippen LogP contribution in [0.5, 0.6) is 0 Å². The van der Waals surface area contributed by atoms with Gasteiger partial charge in [-0.3, -0.25) is 0 Å². The molecule has 1 aliphatic heterocycles. The maximum atomic E-state index is 7.10. The van der Waals surface area contributed by atoms with Crippen LogP contribution in [0.25, 0.3) is 71.2 Å². The Morgan fingerprint density at radius 3 is 2.23 bits per heavy atom. The number of rotatable bonds is 6. The van der Waals surface area contributed by atoms with Crippen molar-refractivity contribution in [2.75, 3.05) is 0 Å². The lowest BCUT2D eigenvalue weighted by molar-refractivity contribution is 0.591. The van der Waals surface area contributed by atoms with E-state index in [1.807, 2.05) is 18.3 Å². The van der Waals surface area contributed by atoms with Gasteiger partial charge in [0.25, 0.3) is 0 Å². The minimum Gasteiger partial charge on any atom is -0.606 e. The first-order valence-corrected chi connectivity index (χ1v) is 16.0. The van der Waals surface area contributed by atoms with Gasteiger partial charge in [-0.25, -0.2) is 0 Å². The van der Waals surface area contributed by atoms with Crippen LogP contribution in [0.3, 0.4) is 0 Å². The smallest absolute Gasteiger partial charge is 0.0584 e. The fourth-order valence-corrected chi connectivity index (χ4v) is 7.10. The highest BCUT2D eigenvalue weighted by atomic mass is 15.3. The van der Waals surface area contributed by atoms with Crippen molar-refractivity contribution >= 4 is 49.1 Å². The maximum absolute atomic E-state index is 7.10. The van der Waals surface area contributed by atoms with E-state index >= 15 is 0 Å². The molecule has 226 valence electrons. The zero-order chi connectivity index (χ0) is 31.3. The van der Waals surface area contributed by atoms with Crippen molar-refractivity contribution in [2.24, 2.45) is 5.73 Å². The molecule has 0 radical (unpaired) electrons. The molecule has 47 heavy (non-hydrogen) atoms. The highest BCUT2D eigenvalue weighted by Crippen LogP contribution is 2.39. The normalized spacial score (nSPS) is 15.3. The number of benzene rings is 6. The number of nitrogens with one attached hydrogen (secondary N) is 1. The molecule has 3 heterocycles. The van der Waals surface area contributed by atoms with Gasteiger partial charge in [0.1, 0.15) is 0 Å². The predicted molar refractivity (Wildman–Crippen MR) is 196 cm³/mol. The van der Waals surface area contributed by atoms with Crippen LogP contribution in [-0.4, -0.2) is 15.3 Å². The average molecular weight is 607 g/mol. The number of allylic oxidation sites excluding steroid dienone is 2. The molecule has 1 aliphatic rings. The van der Waals surface area contributed by atoms with Gasteiger partial charge in [0.2, 0.25) is 0 Å². The number of hydrogen-bond donors (Lipinski definition) is 2. The zero-order valence-corrected chi connectivity index (χ0v) is 25.7. The molecule has 3 N–H and O–H groups in total. The van der Waals surface area contributed by atoms with Crippen molar-refractivity contribution in [3.8, 4) is 16.8 Å². The second kappa shape index (κ2) is 11.2. The fraction of sp³-hybridized carbons (Fsp3) is 0.0476. The number of dihydropyridines is 1. The van der Waals surface area contributed by atoms with Crippen LogP contribution < -0.4 is 11.1 Å². The quantitative estimate of drug-likeness (QED) is 0.198. The first kappa shape index (κ1) is 27.4. The number of nitrogens with zero attached hydrogens (tertiary/aromatic N) is 3. The zero-order valence-electron chi connectivity index (χ0n) is 25.7. The number of fused-ring (bicyclic) bond motifs is 6. The van der Waals surface area contributed by atoms with Crippen molar-refractivity contribution < 1.29 is 0 Å². The molecule has 0 saturated carbocycles. The van der Waals surface area contributed by atoms with E-state index in [0.29, 0.717) is 0 Å². The van der Waals surface area contributed by atoms with E-state index in [4.69, 9.17) is 11.1 Å². The standard InChI is InChI=1S/C42H32N5/c43-42(45-41-34(14-8-25-44-41)30-19-16-29(17-20-30)32-21-18-28-9-4-5-10-31(28)27-32)47-39-15-7-6-13-35(39)36-22-23-38-37(40(36)47)24-26-46(38)33-11-2-1-3-12-33/h1-27,41-42,44H,43H2/q-1. The molecule has 5 heteroatoms. The minimum absolute atomic E-state index is 0.314. The molecule has 0 fully saturated rings. The minimum atomic E-state index is -0.632. The van der Waals surface area contributed by atoms with Gasteiger partial charge in [-0.15, -0.1) is 0 Å². The van der Waals surface area contributed by atoms with Crippen LogP contribution in [-0.2, 0) is 0 Å². The van der Waals surface area contributed by atoms with Gasteiger partial charge >= 0.3 is 0 Å². The molecule has 5 nitrogen and oxygen atoms in total. The molecule has 0 bridgehead atoms. The van der Waals surface area contributed by atoms with Crippen LogP contribution in [0.2, 0.25) is 0 Å². The summed E-state index contributed by atoms with van der Waals surface area (Å²) in [7, 11) is 0. The molecular weight excluding hydrogens is 574 g/mol. The Morgan fingerprint density at radius 1 is 0.617 bits per heavy atom. The van der Waals surface area contributed by atoms with Crippen LogP contribution in [0, 0.1) is 0 Å². The lowest BCUT2D eigenvalue weighted by Gasteiger charge is -2.41. The SMILES string of the molecule is NC([N-]C1NC=CC=C1c1ccc(-c2ccc3ccccc3c2)cc1)n1c2ccccc2c2ccc3c(ccn3-c3ccccc3)c21. The molecule has 0 spiro atoms. The summed E-state index contributed by atoms with van der Waals surface area (Å²) in [5, 5.41) is 14.7. The third kappa shape index (κ3) is 4.64. The van der Waals surface area contributed by atoms with E-state index in [2.05, 4.69) is 160 Å². The Bertz CT molecular complexity index is 2480. The Kier molecular flexibility index (Phi) is 6.52. The molecular formula is C42H32N5-. The third-order valence-electron chi connectivity index (χ3n) is 9.36. The monoisotopic (exact) mass is 606 g/mol. The van der Waals surface area contributed by atoms with Crippen LogP contribution in [0.15, 0.2) is 164 Å². The fourth-order valence-electron chi connectivity index (χ4n) is 7.10. The van der Waals surface area contributed by atoms with E-state index in [-0.39, 0.29) is 6.17 Å². The van der Waals surface area contributed by atoms with Gasteiger partial charge in [-0.2, -0.15) is 0 Å². The summed E-state index contributed by atoms with van der Waals surface area (Å²) in [4.78, 5) is 0. The van der Waals surface area contributed by atoms with Crippen molar-refractivity contribution in [3.05, 3.63) is 175 Å². The van der Waals surface area contributed by atoms with Crippen LogP contribution in [0.1, 0.15) is 11.9 Å². The first-order valence-electron chi connectivity index (χ1n) is 16.0. The lowest BCUT2D eigenvalue weighted by Crippen LogP contribution is -2.32. The highest BCUT2D eigenvalue weighted by molar-refractivity contribution is 6.17. The molecule has 2 atom stereocenters. The molecule has 0 amide bonds. The van der Waals surface area contributed by atoms with E-state index in [1.165, 1.54) is 32.7 Å². The summed E-state index contributed by atoms with van der Waals surface area (Å²) < 4.78 is 4.43. The summed E-state index contributed by atoms with van der Waals surface area (Å²) in [5.41, 5.74) is 16.1. The Labute approximate surface area is 272 Å². The Balaban J connectivity index is 1.07. The average Bonchev–Trinajstić information content (AvgIpc) is 3.72. The summed E-state index contributed by atoms with van der Waals surface area (Å²) in [6.07, 6.45) is 7.29. The van der Waals surface area contributed by atoms with Crippen molar-refractivity contribution in [1.29, 1.82) is 0 Å². The van der Waals surface area contributed by atoms with E-state index < -0.39 is 6.29 Å². The van der Waals surface area contributed by atoms with Crippen molar-refractivity contribution in [1.82, 2.24) is 14.5 Å². The van der Waals surface area contributed by atoms with E-state index in [9.17, 15) is 0 Å². The molecule has 2 aromatic heterocycles. The van der Waals surface area contributed by atoms with Crippen molar-refractivity contribution in [2.45, 2.75) is 12.5 Å². The van der Waals surface area contributed by atoms with Gasteiger partial charge < -0.3 is 25.5 Å². The van der Waals surface area contributed by atoms with Gasteiger partial charge in [-0.05, 0) is 94.2 Å². The van der Waals surface area contributed by atoms with Gasteiger partial charge in [0, 0.05) is 33.6 Å². The summed E-state index contributed by atoms with van der Waals surface area (Å²) in [6.45, 7) is 0. The third-order valence-corrected chi connectivity index (χ3v) is 9.36. The number of aromatic nitrogens is 2. The van der Waals surface area contributed by atoms with Crippen molar-refractivity contribution in [3.63, 3.8) is 0 Å². The number of para-hydroxylation sites is 2. The maximum Gasteiger partial charge on any atom is 0.0584 e. The number of nitrogens with two attached hydrogens (primary N) is 1. The Hall–Kier alpha value is -5.88. The van der Waals surface area contributed by atoms with Gasteiger partial charge in [0.05, 0.1) is 11.0 Å². The largest absolute Gasteiger partial charge is 0.606 e. The van der Waals surface area contributed by atoms with Crippen LogP contribution >= 0.6 is 0 Å². The summed E-state index contributed by atoms with van der Waals surface area (Å²) in [5.74, 6) is 0. The summed E-state index contributed by atoms with van der Waals surface area (Å²) >= 11 is 0. The van der Waals surface area contributed by atoms with Gasteiger partial charge in [0.15, 0.2) is 0 Å². The van der Waals surface area contributed by atoms with E-state index in [1.54, 1.807) is 0 Å². The highest BCUT2D eigenvalue weighted by Gasteiger charge is 2.18. The van der Waals surface area contributed by atoms with Gasteiger partial charge in [-0.1, -0.05) is 109 Å². The van der Waals surface area contributed by atoms with E-state index in [0.717, 1.165) is 38.8 Å². The van der Waals surface area contributed by atoms with Crippen LogP contribution in [0.4, 0.5) is 0 Å². The first-order chi connectivity index (χ1) is 23.2. The summed E-state index contributed by atoms with van der Waals surface area (Å²) in [6, 6.07) is 49.4. The molecule has 2 unspecified atom stereocenters. The Morgan fingerprint density at radius 2 is 1.36 bits per heavy atom. The molecule has 0 aliphatic carbocycles. The number of hydrogen-bond acceptors (Lipinski definition) is 2.